The summed E-state index contributed by atoms with van der Waals surface area (Å²) < 4.78 is 5.24. The zero-order chi connectivity index (χ0) is 9.68. The van der Waals surface area contributed by atoms with Crippen LogP contribution < -0.4 is 5.32 Å². The van der Waals surface area contributed by atoms with Crippen molar-refractivity contribution in [1.29, 1.82) is 0 Å². The fourth-order valence-electron chi connectivity index (χ4n) is 1.23. The van der Waals surface area contributed by atoms with Crippen molar-refractivity contribution in [3.05, 3.63) is 0 Å². The Labute approximate surface area is 83.8 Å². The molecule has 1 heterocycles. The molecule has 0 aromatic heterocycles. The smallest absolute Gasteiger partial charge is 0.249 e. The van der Waals surface area contributed by atoms with E-state index in [1.165, 1.54) is 0 Å². The van der Waals surface area contributed by atoms with Crippen LogP contribution >= 0.6 is 11.6 Å². The summed E-state index contributed by atoms with van der Waals surface area (Å²) in [5.41, 5.74) is 0. The molecule has 1 fully saturated rings. The lowest BCUT2D eigenvalue weighted by atomic mass is 10.2. The second-order valence-corrected chi connectivity index (χ2v) is 3.81. The van der Waals surface area contributed by atoms with Gasteiger partial charge < -0.3 is 10.1 Å². The van der Waals surface area contributed by atoms with Gasteiger partial charge in [0.25, 0.3) is 0 Å². The maximum atomic E-state index is 11.4. The van der Waals surface area contributed by atoms with E-state index in [0.717, 1.165) is 12.8 Å². The minimum absolute atomic E-state index is 0.00877. The molecular weight excluding hydrogens is 190 g/mol. The van der Waals surface area contributed by atoms with Gasteiger partial charge in [-0.25, -0.2) is 0 Å². The predicted octanol–water partition coefficient (Wildman–Crippen LogP) is 1.16. The van der Waals surface area contributed by atoms with Gasteiger partial charge in [-0.3, -0.25) is 4.79 Å². The fourth-order valence-corrected chi connectivity index (χ4v) is 1.34. The van der Waals surface area contributed by atoms with Crippen LogP contribution in [0.1, 0.15) is 19.8 Å². The van der Waals surface area contributed by atoms with Gasteiger partial charge in [0.2, 0.25) is 5.91 Å². The minimum Gasteiger partial charge on any atom is -0.368 e. The Hall–Kier alpha value is -0.280. The lowest BCUT2D eigenvalue weighted by Gasteiger charge is -2.12. The molecule has 0 spiro atoms. The Bertz CT molecular complexity index is 169. The van der Waals surface area contributed by atoms with Gasteiger partial charge in [0.05, 0.1) is 0 Å². The number of amides is 1. The van der Waals surface area contributed by atoms with E-state index in [1.807, 2.05) is 6.92 Å². The monoisotopic (exact) mass is 205 g/mol. The van der Waals surface area contributed by atoms with Gasteiger partial charge in [-0.1, -0.05) is 6.92 Å². The topological polar surface area (TPSA) is 38.3 Å². The molecule has 13 heavy (non-hydrogen) atoms. The molecule has 0 aliphatic carbocycles. The van der Waals surface area contributed by atoms with Crippen LogP contribution in [0.5, 0.6) is 0 Å². The number of halogens is 1. The van der Waals surface area contributed by atoms with Gasteiger partial charge in [-0.2, -0.15) is 0 Å². The third-order valence-electron chi connectivity index (χ3n) is 2.11. The van der Waals surface area contributed by atoms with Crippen molar-refractivity contribution in [2.45, 2.75) is 25.9 Å². The summed E-state index contributed by atoms with van der Waals surface area (Å²) >= 11 is 5.61. The van der Waals surface area contributed by atoms with Crippen molar-refractivity contribution in [2.75, 3.05) is 19.0 Å². The highest BCUT2D eigenvalue weighted by Gasteiger charge is 2.23. The largest absolute Gasteiger partial charge is 0.368 e. The first-order valence-electron chi connectivity index (χ1n) is 4.69. The molecule has 1 aliphatic heterocycles. The third-order valence-corrected chi connectivity index (χ3v) is 2.64. The van der Waals surface area contributed by atoms with Crippen molar-refractivity contribution < 1.29 is 9.53 Å². The van der Waals surface area contributed by atoms with Gasteiger partial charge in [-0.05, 0) is 18.8 Å². The quantitative estimate of drug-likeness (QED) is 0.700. The number of carbonyl (C=O) groups is 1. The van der Waals surface area contributed by atoms with Crippen molar-refractivity contribution in [3.63, 3.8) is 0 Å². The summed E-state index contributed by atoms with van der Waals surface area (Å²) in [7, 11) is 0. The van der Waals surface area contributed by atoms with Crippen molar-refractivity contribution in [3.8, 4) is 0 Å². The fraction of sp³-hybridized carbons (Fsp3) is 0.889. The summed E-state index contributed by atoms with van der Waals surface area (Å²) in [6.07, 6.45) is 1.62. The van der Waals surface area contributed by atoms with E-state index >= 15 is 0 Å². The highest BCUT2D eigenvalue weighted by atomic mass is 35.5. The second-order valence-electron chi connectivity index (χ2n) is 3.51. The number of hydrogen-bond donors (Lipinski definition) is 1. The maximum Gasteiger partial charge on any atom is 0.249 e. The van der Waals surface area contributed by atoms with E-state index in [4.69, 9.17) is 16.3 Å². The first-order valence-corrected chi connectivity index (χ1v) is 5.22. The van der Waals surface area contributed by atoms with Crippen LogP contribution in [0.15, 0.2) is 0 Å². The molecule has 1 rings (SSSR count). The van der Waals surface area contributed by atoms with Crippen LogP contribution in [0.4, 0.5) is 0 Å². The van der Waals surface area contributed by atoms with Crippen LogP contribution in [-0.2, 0) is 9.53 Å². The van der Waals surface area contributed by atoms with Crippen LogP contribution in [0, 0.1) is 5.92 Å². The van der Waals surface area contributed by atoms with Crippen LogP contribution in [0.25, 0.3) is 0 Å². The zero-order valence-electron chi connectivity index (χ0n) is 7.88. The maximum absolute atomic E-state index is 11.4. The molecule has 1 N–H and O–H groups in total. The zero-order valence-corrected chi connectivity index (χ0v) is 8.64. The molecular formula is C9H16ClNO2. The number of carbonyl (C=O) groups excluding carboxylic acids is 1. The molecule has 4 heteroatoms. The third kappa shape index (κ3) is 3.53. The van der Waals surface area contributed by atoms with E-state index < -0.39 is 0 Å². The first kappa shape index (κ1) is 10.8. The molecule has 0 aromatic carbocycles. The number of hydrogen-bond acceptors (Lipinski definition) is 2. The Morgan fingerprint density at radius 3 is 3.08 bits per heavy atom. The van der Waals surface area contributed by atoms with Crippen LogP contribution in [0.3, 0.4) is 0 Å². The minimum atomic E-state index is -0.220. The number of nitrogens with one attached hydrogen (secondary N) is 1. The standard InChI is InChI=1S/C9H16ClNO2/c1-7(5-10)6-11-9(12)8-3-2-4-13-8/h7-8H,2-6H2,1H3,(H,11,12). The summed E-state index contributed by atoms with van der Waals surface area (Å²) in [5, 5.41) is 2.83. The Balaban J connectivity index is 2.16. The van der Waals surface area contributed by atoms with Crippen LogP contribution in [0.2, 0.25) is 0 Å². The normalized spacial score (nSPS) is 24.3. The van der Waals surface area contributed by atoms with Gasteiger partial charge in [0.1, 0.15) is 6.10 Å². The van der Waals surface area contributed by atoms with Crippen LogP contribution in [-0.4, -0.2) is 31.0 Å². The molecule has 0 radical (unpaired) electrons. The lowest BCUT2D eigenvalue weighted by Crippen LogP contribution is -2.36. The average molecular weight is 206 g/mol. The summed E-state index contributed by atoms with van der Waals surface area (Å²) in [5.74, 6) is 0.910. The molecule has 1 aliphatic rings. The Morgan fingerprint density at radius 1 is 1.77 bits per heavy atom. The summed E-state index contributed by atoms with van der Waals surface area (Å²) in [6, 6.07) is 0. The molecule has 2 atom stereocenters. The molecule has 1 saturated heterocycles. The predicted molar refractivity (Wildman–Crippen MR) is 51.9 cm³/mol. The average Bonchev–Trinajstić information content (AvgIpc) is 2.66. The van der Waals surface area contributed by atoms with Crippen molar-refractivity contribution in [2.24, 2.45) is 5.92 Å². The van der Waals surface area contributed by atoms with Crippen molar-refractivity contribution >= 4 is 17.5 Å². The van der Waals surface area contributed by atoms with E-state index in [9.17, 15) is 4.79 Å². The molecule has 0 bridgehead atoms. The second kappa shape index (κ2) is 5.45. The Kier molecular flexibility index (Phi) is 4.53. The molecule has 0 aromatic rings. The highest BCUT2D eigenvalue weighted by molar-refractivity contribution is 6.18. The van der Waals surface area contributed by atoms with Crippen molar-refractivity contribution in [1.82, 2.24) is 5.32 Å². The van der Waals surface area contributed by atoms with Gasteiger partial charge in [0.15, 0.2) is 0 Å². The van der Waals surface area contributed by atoms with Gasteiger partial charge in [-0.15, -0.1) is 11.6 Å². The molecule has 0 saturated carbocycles. The van der Waals surface area contributed by atoms with Gasteiger partial charge in [0, 0.05) is 19.0 Å². The SMILES string of the molecule is CC(CCl)CNC(=O)C1CCCO1. The molecule has 1 amide bonds. The summed E-state index contributed by atoms with van der Waals surface area (Å²) in [4.78, 5) is 11.4. The molecule has 3 nitrogen and oxygen atoms in total. The number of alkyl halides is 1. The number of ether oxygens (including phenoxy) is 1. The lowest BCUT2D eigenvalue weighted by molar-refractivity contribution is -0.130. The van der Waals surface area contributed by atoms with E-state index in [1.54, 1.807) is 0 Å². The molecule has 76 valence electrons. The van der Waals surface area contributed by atoms with Gasteiger partial charge >= 0.3 is 0 Å². The molecule has 2 unspecified atom stereocenters. The first-order chi connectivity index (χ1) is 6.24. The van der Waals surface area contributed by atoms with E-state index in [0.29, 0.717) is 24.9 Å². The Morgan fingerprint density at radius 2 is 2.54 bits per heavy atom. The van der Waals surface area contributed by atoms with E-state index in [2.05, 4.69) is 5.32 Å². The summed E-state index contributed by atoms with van der Waals surface area (Å²) in [6.45, 7) is 3.36. The van der Waals surface area contributed by atoms with E-state index in [-0.39, 0.29) is 12.0 Å². The highest BCUT2D eigenvalue weighted by Crippen LogP contribution is 2.11. The number of rotatable bonds is 4.